The number of nitrogens with zero attached hydrogens (tertiary/aromatic N) is 1. The van der Waals surface area contributed by atoms with Crippen molar-refractivity contribution in [2.75, 3.05) is 13.7 Å². The number of aromatic nitrogens is 1. The predicted octanol–water partition coefficient (Wildman–Crippen LogP) is 2.43. The zero-order chi connectivity index (χ0) is 13.1. The molecule has 0 aliphatic heterocycles. The van der Waals surface area contributed by atoms with Gasteiger partial charge in [-0.15, -0.1) is 0 Å². The second-order valence-electron chi connectivity index (χ2n) is 3.65. The van der Waals surface area contributed by atoms with Crippen LogP contribution in [0.25, 0.3) is 10.9 Å². The van der Waals surface area contributed by atoms with Crippen LogP contribution in [0.2, 0.25) is 0 Å². The molecule has 0 atom stereocenters. The van der Waals surface area contributed by atoms with Crippen molar-refractivity contribution >= 4 is 23.0 Å². The van der Waals surface area contributed by atoms with Crippen molar-refractivity contribution in [2.45, 2.75) is 6.92 Å². The third-order valence-electron chi connectivity index (χ3n) is 2.58. The molecule has 1 aromatic carbocycles. The van der Waals surface area contributed by atoms with E-state index in [4.69, 9.17) is 4.74 Å². The number of methoxy groups -OCH3 is 1. The zero-order valence-corrected chi connectivity index (χ0v) is 10.2. The summed E-state index contributed by atoms with van der Waals surface area (Å²) in [6.45, 7) is 2.07. The van der Waals surface area contributed by atoms with E-state index in [1.807, 2.05) is 0 Å². The van der Waals surface area contributed by atoms with Crippen molar-refractivity contribution in [3.63, 3.8) is 0 Å². The van der Waals surface area contributed by atoms with Crippen molar-refractivity contribution in [2.24, 2.45) is 0 Å². The molecule has 18 heavy (non-hydrogen) atoms. The Kier molecular flexibility index (Phi) is 3.32. The maximum atomic E-state index is 11.6. The van der Waals surface area contributed by atoms with Crippen molar-refractivity contribution < 1.29 is 19.1 Å². The van der Waals surface area contributed by atoms with Gasteiger partial charge in [-0.25, -0.2) is 9.59 Å². The molecule has 2 rings (SSSR count). The second-order valence-corrected chi connectivity index (χ2v) is 3.65. The predicted molar refractivity (Wildman–Crippen MR) is 65.7 cm³/mol. The molecule has 0 bridgehead atoms. The summed E-state index contributed by atoms with van der Waals surface area (Å²) in [6.07, 6.45) is 1.18. The van der Waals surface area contributed by atoms with Crippen LogP contribution in [0.5, 0.6) is 0 Å². The van der Waals surface area contributed by atoms with Crippen LogP contribution in [-0.2, 0) is 9.47 Å². The minimum atomic E-state index is -0.432. The fourth-order valence-corrected chi connectivity index (χ4v) is 1.74. The van der Waals surface area contributed by atoms with E-state index in [9.17, 15) is 9.59 Å². The molecule has 2 aromatic rings. The first-order valence-corrected chi connectivity index (χ1v) is 5.54. The lowest BCUT2D eigenvalue weighted by Crippen LogP contribution is -2.12. The van der Waals surface area contributed by atoms with Crippen LogP contribution in [0.1, 0.15) is 17.3 Å². The summed E-state index contributed by atoms with van der Waals surface area (Å²) in [6, 6.07) is 6.73. The molecule has 1 heterocycles. The van der Waals surface area contributed by atoms with Gasteiger partial charge in [-0.05, 0) is 31.2 Å². The van der Waals surface area contributed by atoms with Gasteiger partial charge in [-0.3, -0.25) is 4.57 Å². The molecule has 0 saturated heterocycles. The van der Waals surface area contributed by atoms with Crippen LogP contribution < -0.4 is 0 Å². The lowest BCUT2D eigenvalue weighted by atomic mass is 10.1. The Balaban J connectivity index is 2.43. The molecule has 0 saturated carbocycles. The number of fused-ring (bicyclic) bond motifs is 1. The van der Waals surface area contributed by atoms with Gasteiger partial charge in [-0.1, -0.05) is 0 Å². The van der Waals surface area contributed by atoms with E-state index in [0.717, 1.165) is 5.39 Å². The number of benzene rings is 1. The van der Waals surface area contributed by atoms with Crippen molar-refractivity contribution in [1.82, 2.24) is 4.57 Å². The zero-order valence-electron chi connectivity index (χ0n) is 10.2. The van der Waals surface area contributed by atoms with E-state index >= 15 is 0 Å². The molecule has 0 unspecified atom stereocenters. The van der Waals surface area contributed by atoms with Gasteiger partial charge in [0.2, 0.25) is 0 Å². The number of carbonyl (C=O) groups excluding carboxylic acids is 2. The molecule has 0 radical (unpaired) electrons. The minimum absolute atomic E-state index is 0.318. The number of carbonyl (C=O) groups is 2. The number of hydrogen-bond acceptors (Lipinski definition) is 4. The number of esters is 1. The first-order valence-electron chi connectivity index (χ1n) is 5.54. The SMILES string of the molecule is CCOC(=O)n1ccc2cc(C(=O)OC)ccc21. The molecule has 5 nitrogen and oxygen atoms in total. The molecule has 0 fully saturated rings. The Morgan fingerprint density at radius 2 is 2.06 bits per heavy atom. The van der Waals surface area contributed by atoms with Crippen LogP contribution in [0, 0.1) is 0 Å². The summed E-state index contributed by atoms with van der Waals surface area (Å²) in [4.78, 5) is 23.0. The summed E-state index contributed by atoms with van der Waals surface area (Å²) in [5.41, 5.74) is 1.15. The molecule has 0 amide bonds. The Morgan fingerprint density at radius 1 is 1.28 bits per heavy atom. The molecule has 94 valence electrons. The highest BCUT2D eigenvalue weighted by atomic mass is 16.5. The third kappa shape index (κ3) is 2.07. The average molecular weight is 247 g/mol. The maximum Gasteiger partial charge on any atom is 0.418 e. The number of ether oxygens (including phenoxy) is 2. The number of hydrogen-bond donors (Lipinski definition) is 0. The maximum absolute atomic E-state index is 11.6. The van der Waals surface area contributed by atoms with Gasteiger partial charge in [0.25, 0.3) is 0 Å². The van der Waals surface area contributed by atoms with E-state index in [2.05, 4.69) is 4.74 Å². The highest BCUT2D eigenvalue weighted by molar-refractivity contribution is 5.96. The molecule has 0 N–H and O–H groups in total. The van der Waals surface area contributed by atoms with E-state index < -0.39 is 12.1 Å². The molecule has 0 aliphatic carbocycles. The average Bonchev–Trinajstić information content (AvgIpc) is 2.80. The molecule has 0 aliphatic rings. The van der Waals surface area contributed by atoms with E-state index in [0.29, 0.717) is 17.7 Å². The minimum Gasteiger partial charge on any atom is -0.465 e. The summed E-state index contributed by atoms with van der Waals surface area (Å²) in [5.74, 6) is -0.402. The molecular formula is C13H13NO4. The van der Waals surface area contributed by atoms with Crippen molar-refractivity contribution in [3.05, 3.63) is 36.0 Å². The first-order chi connectivity index (χ1) is 8.67. The van der Waals surface area contributed by atoms with Crippen molar-refractivity contribution in [3.8, 4) is 0 Å². The Labute approximate surface area is 104 Å². The lowest BCUT2D eigenvalue weighted by Gasteiger charge is -2.04. The Bertz CT molecular complexity index is 600. The number of rotatable bonds is 2. The Morgan fingerprint density at radius 3 is 2.72 bits per heavy atom. The molecular weight excluding hydrogens is 234 g/mol. The van der Waals surface area contributed by atoms with Crippen LogP contribution in [-0.4, -0.2) is 30.3 Å². The fraction of sp³-hybridized carbons (Fsp3) is 0.231. The van der Waals surface area contributed by atoms with Gasteiger partial charge in [-0.2, -0.15) is 0 Å². The van der Waals surface area contributed by atoms with E-state index in [-0.39, 0.29) is 0 Å². The second kappa shape index (κ2) is 4.91. The van der Waals surface area contributed by atoms with Crippen LogP contribution >= 0.6 is 0 Å². The van der Waals surface area contributed by atoms with Gasteiger partial charge in [0.05, 0.1) is 24.8 Å². The van der Waals surface area contributed by atoms with Gasteiger partial charge in [0, 0.05) is 11.6 Å². The van der Waals surface area contributed by atoms with E-state index in [1.165, 1.54) is 11.7 Å². The molecule has 0 spiro atoms. The van der Waals surface area contributed by atoms with Gasteiger partial charge in [0.1, 0.15) is 0 Å². The highest BCUT2D eigenvalue weighted by Gasteiger charge is 2.12. The quantitative estimate of drug-likeness (QED) is 0.765. The monoisotopic (exact) mass is 247 g/mol. The van der Waals surface area contributed by atoms with Gasteiger partial charge in [0.15, 0.2) is 0 Å². The largest absolute Gasteiger partial charge is 0.465 e. The molecule has 1 aromatic heterocycles. The third-order valence-corrected chi connectivity index (χ3v) is 2.58. The fourth-order valence-electron chi connectivity index (χ4n) is 1.74. The summed E-state index contributed by atoms with van der Waals surface area (Å²) < 4.78 is 11.0. The van der Waals surface area contributed by atoms with Gasteiger partial charge >= 0.3 is 12.1 Å². The topological polar surface area (TPSA) is 57.5 Å². The van der Waals surface area contributed by atoms with Crippen LogP contribution in [0.3, 0.4) is 0 Å². The van der Waals surface area contributed by atoms with Gasteiger partial charge < -0.3 is 9.47 Å². The first kappa shape index (κ1) is 12.2. The standard InChI is InChI=1S/C13H13NO4/c1-3-18-13(16)14-7-6-9-8-10(12(15)17-2)4-5-11(9)14/h4-8H,3H2,1-2H3. The summed E-state index contributed by atoms with van der Waals surface area (Å²) in [5, 5.41) is 0.783. The highest BCUT2D eigenvalue weighted by Crippen LogP contribution is 2.18. The summed E-state index contributed by atoms with van der Waals surface area (Å²) in [7, 11) is 1.33. The normalized spacial score (nSPS) is 10.3. The van der Waals surface area contributed by atoms with Crippen LogP contribution in [0.15, 0.2) is 30.5 Å². The van der Waals surface area contributed by atoms with E-state index in [1.54, 1.807) is 37.4 Å². The molecule has 5 heteroatoms. The summed E-state index contributed by atoms with van der Waals surface area (Å²) >= 11 is 0. The smallest absolute Gasteiger partial charge is 0.418 e. The van der Waals surface area contributed by atoms with Crippen LogP contribution in [0.4, 0.5) is 4.79 Å². The Hall–Kier alpha value is -2.30. The van der Waals surface area contributed by atoms with Crippen molar-refractivity contribution in [1.29, 1.82) is 0 Å². The lowest BCUT2D eigenvalue weighted by molar-refractivity contribution is 0.0601.